The van der Waals surface area contributed by atoms with Gasteiger partial charge in [0.15, 0.2) is 0 Å². The third-order valence-electron chi connectivity index (χ3n) is 3.65. The number of aromatic nitrogens is 1. The van der Waals surface area contributed by atoms with Gasteiger partial charge in [-0.3, -0.25) is 4.98 Å². The van der Waals surface area contributed by atoms with E-state index in [0.29, 0.717) is 5.92 Å². The summed E-state index contributed by atoms with van der Waals surface area (Å²) in [5.41, 5.74) is 2.15. The molecule has 1 aromatic heterocycles. The number of rotatable bonds is 1. The SMILES string of the molecule is OC1C(=Cc2cccnc2)N2CCC1CC2. The summed E-state index contributed by atoms with van der Waals surface area (Å²) < 4.78 is 0. The molecule has 3 aliphatic heterocycles. The first-order chi connectivity index (χ1) is 7.84. The minimum Gasteiger partial charge on any atom is -0.387 e. The Labute approximate surface area is 95.4 Å². The van der Waals surface area contributed by atoms with E-state index in [2.05, 4.69) is 16.0 Å². The van der Waals surface area contributed by atoms with Crippen molar-refractivity contribution < 1.29 is 5.11 Å². The lowest BCUT2D eigenvalue weighted by atomic mass is 9.83. The van der Waals surface area contributed by atoms with Gasteiger partial charge in [0.1, 0.15) is 0 Å². The molecule has 2 bridgehead atoms. The summed E-state index contributed by atoms with van der Waals surface area (Å²) in [5.74, 6) is 0.466. The summed E-state index contributed by atoms with van der Waals surface area (Å²) in [6.07, 6.45) is 7.66. The molecule has 0 radical (unpaired) electrons. The lowest BCUT2D eigenvalue weighted by Crippen LogP contribution is -2.48. The highest BCUT2D eigenvalue weighted by molar-refractivity contribution is 5.53. The number of pyridine rings is 1. The summed E-state index contributed by atoms with van der Waals surface area (Å²) in [7, 11) is 0. The van der Waals surface area contributed by atoms with Gasteiger partial charge in [-0.25, -0.2) is 0 Å². The van der Waals surface area contributed by atoms with Crippen LogP contribution in [0.25, 0.3) is 6.08 Å². The van der Waals surface area contributed by atoms with Gasteiger partial charge in [-0.2, -0.15) is 0 Å². The maximum absolute atomic E-state index is 10.2. The maximum Gasteiger partial charge on any atom is 0.0965 e. The molecule has 4 heterocycles. The molecule has 0 aliphatic carbocycles. The molecule has 0 spiro atoms. The van der Waals surface area contributed by atoms with Crippen LogP contribution in [-0.2, 0) is 0 Å². The highest BCUT2D eigenvalue weighted by atomic mass is 16.3. The van der Waals surface area contributed by atoms with Crippen LogP contribution >= 0.6 is 0 Å². The lowest BCUT2D eigenvalue weighted by molar-refractivity contribution is 0.0215. The fraction of sp³-hybridized carbons (Fsp3) is 0.462. The van der Waals surface area contributed by atoms with Gasteiger partial charge in [0.2, 0.25) is 0 Å². The number of nitrogens with zero attached hydrogens (tertiary/aromatic N) is 2. The van der Waals surface area contributed by atoms with Crippen molar-refractivity contribution in [2.75, 3.05) is 13.1 Å². The van der Waals surface area contributed by atoms with E-state index in [0.717, 1.165) is 37.2 Å². The molecule has 16 heavy (non-hydrogen) atoms. The van der Waals surface area contributed by atoms with E-state index in [1.165, 1.54) is 0 Å². The molecule has 1 atom stereocenters. The molecule has 3 nitrogen and oxygen atoms in total. The van der Waals surface area contributed by atoms with Crippen LogP contribution in [0, 0.1) is 5.92 Å². The second kappa shape index (κ2) is 3.91. The highest BCUT2D eigenvalue weighted by Crippen LogP contribution is 2.35. The van der Waals surface area contributed by atoms with E-state index in [9.17, 15) is 5.11 Å². The summed E-state index contributed by atoms with van der Waals surface area (Å²) in [5, 5.41) is 10.2. The van der Waals surface area contributed by atoms with Crippen molar-refractivity contribution in [3.05, 3.63) is 35.8 Å². The Hall–Kier alpha value is -1.35. The average molecular weight is 216 g/mol. The first-order valence-corrected chi connectivity index (χ1v) is 5.89. The summed E-state index contributed by atoms with van der Waals surface area (Å²) in [6, 6.07) is 3.95. The van der Waals surface area contributed by atoms with Gasteiger partial charge >= 0.3 is 0 Å². The molecule has 84 valence electrons. The zero-order chi connectivity index (χ0) is 11.0. The Morgan fingerprint density at radius 2 is 2.19 bits per heavy atom. The van der Waals surface area contributed by atoms with Crippen molar-refractivity contribution in [2.45, 2.75) is 18.9 Å². The van der Waals surface area contributed by atoms with Gasteiger partial charge in [0.25, 0.3) is 0 Å². The molecule has 1 N–H and O–H groups in total. The van der Waals surface area contributed by atoms with Crippen LogP contribution in [0.5, 0.6) is 0 Å². The molecule has 1 unspecified atom stereocenters. The van der Waals surface area contributed by atoms with Gasteiger partial charge in [0, 0.05) is 31.2 Å². The topological polar surface area (TPSA) is 36.4 Å². The predicted molar refractivity (Wildman–Crippen MR) is 62.5 cm³/mol. The lowest BCUT2D eigenvalue weighted by Gasteiger charge is -2.45. The van der Waals surface area contributed by atoms with E-state index in [1.54, 1.807) is 6.20 Å². The largest absolute Gasteiger partial charge is 0.387 e. The maximum atomic E-state index is 10.2. The van der Waals surface area contributed by atoms with Gasteiger partial charge < -0.3 is 10.0 Å². The second-order valence-electron chi connectivity index (χ2n) is 4.62. The van der Waals surface area contributed by atoms with Crippen LogP contribution in [0.4, 0.5) is 0 Å². The number of aliphatic hydroxyl groups excluding tert-OH is 1. The minimum absolute atomic E-state index is 0.275. The van der Waals surface area contributed by atoms with E-state index in [4.69, 9.17) is 0 Å². The van der Waals surface area contributed by atoms with Crippen LogP contribution < -0.4 is 0 Å². The van der Waals surface area contributed by atoms with Crippen molar-refractivity contribution in [3.63, 3.8) is 0 Å². The Balaban J connectivity index is 1.92. The number of aliphatic hydroxyl groups is 1. The molecular formula is C13H16N2O. The molecule has 0 saturated carbocycles. The molecular weight excluding hydrogens is 200 g/mol. The fourth-order valence-electron chi connectivity index (χ4n) is 2.71. The Bertz CT molecular complexity index is 390. The van der Waals surface area contributed by atoms with Crippen LogP contribution in [0.2, 0.25) is 0 Å². The monoisotopic (exact) mass is 216 g/mol. The molecule has 3 heteroatoms. The molecule has 4 rings (SSSR count). The predicted octanol–water partition coefficient (Wildman–Crippen LogP) is 1.51. The number of hydrogen-bond acceptors (Lipinski definition) is 3. The molecule has 3 saturated heterocycles. The summed E-state index contributed by atoms with van der Waals surface area (Å²) >= 11 is 0. The van der Waals surface area contributed by atoms with Gasteiger partial charge in [-0.15, -0.1) is 0 Å². The van der Waals surface area contributed by atoms with Gasteiger partial charge in [-0.05, 0) is 36.5 Å². The van der Waals surface area contributed by atoms with Crippen LogP contribution in [0.1, 0.15) is 18.4 Å². The Morgan fingerprint density at radius 1 is 1.38 bits per heavy atom. The molecule has 3 aliphatic rings. The highest BCUT2D eigenvalue weighted by Gasteiger charge is 2.36. The van der Waals surface area contributed by atoms with Gasteiger partial charge in [0.05, 0.1) is 6.10 Å². The molecule has 0 amide bonds. The van der Waals surface area contributed by atoms with Crippen LogP contribution in [0.3, 0.4) is 0 Å². The minimum atomic E-state index is -0.275. The Kier molecular flexibility index (Phi) is 2.40. The van der Waals surface area contributed by atoms with E-state index in [1.807, 2.05) is 18.3 Å². The normalized spacial score (nSPS) is 31.1. The molecule has 3 fully saturated rings. The van der Waals surface area contributed by atoms with Crippen molar-refractivity contribution in [2.24, 2.45) is 5.92 Å². The van der Waals surface area contributed by atoms with Crippen LogP contribution in [-0.4, -0.2) is 34.2 Å². The first-order valence-electron chi connectivity index (χ1n) is 5.89. The molecule has 1 aromatic rings. The van der Waals surface area contributed by atoms with E-state index in [-0.39, 0.29) is 6.10 Å². The average Bonchev–Trinajstić information content (AvgIpc) is 2.36. The molecule has 0 aromatic carbocycles. The fourth-order valence-corrected chi connectivity index (χ4v) is 2.71. The smallest absolute Gasteiger partial charge is 0.0965 e. The van der Waals surface area contributed by atoms with Gasteiger partial charge in [-0.1, -0.05) is 6.07 Å². The van der Waals surface area contributed by atoms with E-state index < -0.39 is 0 Å². The standard InChI is InChI=1S/C13H16N2O/c16-13-11-3-6-15(7-4-11)12(13)8-10-2-1-5-14-9-10/h1-2,5,8-9,11,13,16H,3-4,6-7H2. The van der Waals surface area contributed by atoms with Crippen molar-refractivity contribution in [1.29, 1.82) is 0 Å². The number of hydrogen-bond donors (Lipinski definition) is 1. The third kappa shape index (κ3) is 1.61. The number of piperidine rings is 3. The van der Waals surface area contributed by atoms with Crippen molar-refractivity contribution >= 4 is 6.08 Å². The second-order valence-corrected chi connectivity index (χ2v) is 4.62. The number of fused-ring (bicyclic) bond motifs is 3. The van der Waals surface area contributed by atoms with Crippen molar-refractivity contribution in [3.8, 4) is 0 Å². The zero-order valence-corrected chi connectivity index (χ0v) is 9.21. The zero-order valence-electron chi connectivity index (χ0n) is 9.21. The van der Waals surface area contributed by atoms with Crippen LogP contribution in [0.15, 0.2) is 30.2 Å². The van der Waals surface area contributed by atoms with Crippen molar-refractivity contribution in [1.82, 2.24) is 9.88 Å². The third-order valence-corrected chi connectivity index (χ3v) is 3.65. The summed E-state index contributed by atoms with van der Waals surface area (Å²) in [4.78, 5) is 6.40. The first kappa shape index (κ1) is 9.85. The summed E-state index contributed by atoms with van der Waals surface area (Å²) in [6.45, 7) is 2.18. The van der Waals surface area contributed by atoms with E-state index >= 15 is 0 Å². The Morgan fingerprint density at radius 3 is 2.81 bits per heavy atom. The quantitative estimate of drug-likeness (QED) is 0.773.